The van der Waals surface area contributed by atoms with E-state index in [1.54, 1.807) is 6.20 Å². The Morgan fingerprint density at radius 1 is 1.13 bits per heavy atom. The summed E-state index contributed by atoms with van der Waals surface area (Å²) in [5.74, 6) is 0. The average molecular weight is 263 g/mol. The number of nitrogens with zero attached hydrogens (tertiary/aromatic N) is 1. The normalized spacial score (nSPS) is 9.93. The van der Waals surface area contributed by atoms with Crippen molar-refractivity contribution in [3.8, 4) is 0 Å². The number of benzene rings is 1. The molecule has 0 saturated carbocycles. The first kappa shape index (κ1) is 10.2. The van der Waals surface area contributed by atoms with Crippen LogP contribution in [0.5, 0.6) is 0 Å². The molecule has 0 atom stereocenters. The number of halogens is 1. The first-order valence-electron chi connectivity index (χ1n) is 4.74. The molecule has 0 bridgehead atoms. The van der Waals surface area contributed by atoms with Gasteiger partial charge in [0.05, 0.1) is 12.2 Å². The van der Waals surface area contributed by atoms with E-state index in [2.05, 4.69) is 26.2 Å². The zero-order chi connectivity index (χ0) is 10.5. The molecule has 1 heterocycles. The van der Waals surface area contributed by atoms with Crippen LogP contribution < -0.4 is 5.32 Å². The number of para-hydroxylation sites is 1. The second kappa shape index (κ2) is 4.94. The van der Waals surface area contributed by atoms with Gasteiger partial charge in [0.25, 0.3) is 0 Å². The van der Waals surface area contributed by atoms with E-state index in [-0.39, 0.29) is 0 Å². The van der Waals surface area contributed by atoms with Gasteiger partial charge >= 0.3 is 0 Å². The van der Waals surface area contributed by atoms with E-state index in [0.717, 1.165) is 22.4 Å². The predicted octanol–water partition coefficient (Wildman–Crippen LogP) is 3.46. The third kappa shape index (κ3) is 3.06. The molecule has 0 radical (unpaired) electrons. The van der Waals surface area contributed by atoms with Gasteiger partial charge in [-0.05, 0) is 24.3 Å². The van der Waals surface area contributed by atoms with Crippen molar-refractivity contribution in [3.63, 3.8) is 0 Å². The van der Waals surface area contributed by atoms with Gasteiger partial charge in [0.1, 0.15) is 0 Å². The number of rotatable bonds is 3. The van der Waals surface area contributed by atoms with E-state index < -0.39 is 0 Å². The van der Waals surface area contributed by atoms with Gasteiger partial charge < -0.3 is 5.32 Å². The summed E-state index contributed by atoms with van der Waals surface area (Å²) < 4.78 is 1.06. The minimum absolute atomic E-state index is 0.740. The van der Waals surface area contributed by atoms with E-state index in [9.17, 15) is 0 Å². The van der Waals surface area contributed by atoms with Crippen LogP contribution in [-0.2, 0) is 6.54 Å². The van der Waals surface area contributed by atoms with Crippen LogP contribution in [0.15, 0.2) is 53.1 Å². The first-order valence-corrected chi connectivity index (χ1v) is 5.53. The largest absolute Gasteiger partial charge is 0.379 e. The summed E-state index contributed by atoms with van der Waals surface area (Å²) in [6.07, 6.45) is 1.80. The molecule has 0 fully saturated rings. The van der Waals surface area contributed by atoms with Crippen molar-refractivity contribution in [2.75, 3.05) is 5.32 Å². The molecule has 1 N–H and O–H groups in total. The summed E-state index contributed by atoms with van der Waals surface area (Å²) in [7, 11) is 0. The van der Waals surface area contributed by atoms with Crippen molar-refractivity contribution in [3.05, 3.63) is 58.8 Å². The van der Waals surface area contributed by atoms with Crippen molar-refractivity contribution in [2.45, 2.75) is 6.54 Å². The fourth-order valence-corrected chi connectivity index (χ4v) is 1.68. The number of nitrogens with one attached hydrogen (secondary N) is 1. The van der Waals surface area contributed by atoms with Gasteiger partial charge in [0.2, 0.25) is 0 Å². The fraction of sp³-hybridized carbons (Fsp3) is 0.0833. The molecule has 76 valence electrons. The Kier molecular flexibility index (Phi) is 3.35. The maximum atomic E-state index is 4.26. The molecule has 0 spiro atoms. The molecule has 3 heteroatoms. The van der Waals surface area contributed by atoms with Gasteiger partial charge in [0, 0.05) is 16.4 Å². The SMILES string of the molecule is Brc1ccnc(CNc2ccccc2)c1. The third-order valence-electron chi connectivity index (χ3n) is 2.03. The number of aromatic nitrogens is 1. The van der Waals surface area contributed by atoms with Crippen LogP contribution >= 0.6 is 15.9 Å². The fourth-order valence-electron chi connectivity index (χ4n) is 1.29. The Morgan fingerprint density at radius 3 is 2.67 bits per heavy atom. The van der Waals surface area contributed by atoms with E-state index in [4.69, 9.17) is 0 Å². The van der Waals surface area contributed by atoms with Crippen LogP contribution in [0.1, 0.15) is 5.69 Å². The molecule has 0 saturated heterocycles. The van der Waals surface area contributed by atoms with E-state index in [1.165, 1.54) is 0 Å². The second-order valence-electron chi connectivity index (χ2n) is 3.18. The summed E-state index contributed by atoms with van der Waals surface area (Å²) in [6, 6.07) is 14.0. The summed E-state index contributed by atoms with van der Waals surface area (Å²) in [5.41, 5.74) is 2.13. The molecule has 0 aliphatic carbocycles. The standard InChI is InChI=1S/C12H11BrN2/c13-10-6-7-14-12(8-10)9-15-11-4-2-1-3-5-11/h1-8,15H,9H2. The lowest BCUT2D eigenvalue weighted by atomic mass is 10.3. The van der Waals surface area contributed by atoms with Crippen LogP contribution in [0.3, 0.4) is 0 Å². The molecule has 2 nitrogen and oxygen atoms in total. The summed E-state index contributed by atoms with van der Waals surface area (Å²) in [4.78, 5) is 4.26. The third-order valence-corrected chi connectivity index (χ3v) is 2.52. The van der Waals surface area contributed by atoms with Gasteiger partial charge in [-0.3, -0.25) is 4.98 Å². The number of hydrogen-bond donors (Lipinski definition) is 1. The molecule has 1 aromatic heterocycles. The van der Waals surface area contributed by atoms with E-state index >= 15 is 0 Å². The molecule has 1 aromatic carbocycles. The van der Waals surface area contributed by atoms with Gasteiger partial charge in [-0.25, -0.2) is 0 Å². The Labute approximate surface area is 97.5 Å². The lowest BCUT2D eigenvalue weighted by molar-refractivity contribution is 1.04. The van der Waals surface area contributed by atoms with E-state index in [1.807, 2.05) is 42.5 Å². The molecule has 2 aromatic rings. The Balaban J connectivity index is 1.99. The van der Waals surface area contributed by atoms with Gasteiger partial charge in [-0.1, -0.05) is 34.1 Å². The predicted molar refractivity (Wildman–Crippen MR) is 65.7 cm³/mol. The molecule has 0 aliphatic rings. The van der Waals surface area contributed by atoms with Gasteiger partial charge in [-0.15, -0.1) is 0 Å². The van der Waals surface area contributed by atoms with E-state index in [0.29, 0.717) is 0 Å². The maximum absolute atomic E-state index is 4.26. The molecule has 0 amide bonds. The van der Waals surface area contributed by atoms with Crippen molar-refractivity contribution in [1.29, 1.82) is 0 Å². The molecule has 0 unspecified atom stereocenters. The average Bonchev–Trinajstić information content (AvgIpc) is 2.28. The smallest absolute Gasteiger partial charge is 0.0605 e. The van der Waals surface area contributed by atoms with Crippen LogP contribution in [0.4, 0.5) is 5.69 Å². The van der Waals surface area contributed by atoms with Crippen molar-refractivity contribution >= 4 is 21.6 Å². The Hall–Kier alpha value is -1.35. The lowest BCUT2D eigenvalue weighted by Crippen LogP contribution is -2.00. The van der Waals surface area contributed by atoms with Crippen molar-refractivity contribution in [1.82, 2.24) is 4.98 Å². The molecule has 15 heavy (non-hydrogen) atoms. The highest BCUT2D eigenvalue weighted by Crippen LogP contribution is 2.11. The second-order valence-corrected chi connectivity index (χ2v) is 4.10. The molecule has 0 aliphatic heterocycles. The monoisotopic (exact) mass is 262 g/mol. The zero-order valence-corrected chi connectivity index (χ0v) is 9.74. The van der Waals surface area contributed by atoms with Gasteiger partial charge in [-0.2, -0.15) is 0 Å². The number of anilines is 1. The topological polar surface area (TPSA) is 24.9 Å². The highest BCUT2D eigenvalue weighted by molar-refractivity contribution is 9.10. The van der Waals surface area contributed by atoms with Crippen LogP contribution in [0.2, 0.25) is 0 Å². The quantitative estimate of drug-likeness (QED) is 0.917. The van der Waals surface area contributed by atoms with Crippen LogP contribution in [0, 0.1) is 0 Å². The summed E-state index contributed by atoms with van der Waals surface area (Å²) >= 11 is 3.42. The zero-order valence-electron chi connectivity index (χ0n) is 8.15. The molecular formula is C12H11BrN2. The molecular weight excluding hydrogens is 252 g/mol. The summed E-state index contributed by atoms with van der Waals surface area (Å²) in [6.45, 7) is 0.740. The Morgan fingerprint density at radius 2 is 1.93 bits per heavy atom. The lowest BCUT2D eigenvalue weighted by Gasteiger charge is -2.05. The number of pyridine rings is 1. The van der Waals surface area contributed by atoms with Gasteiger partial charge in [0.15, 0.2) is 0 Å². The van der Waals surface area contributed by atoms with Crippen molar-refractivity contribution < 1.29 is 0 Å². The van der Waals surface area contributed by atoms with Crippen LogP contribution in [0.25, 0.3) is 0 Å². The minimum Gasteiger partial charge on any atom is -0.379 e. The maximum Gasteiger partial charge on any atom is 0.0605 e. The number of hydrogen-bond acceptors (Lipinski definition) is 2. The minimum atomic E-state index is 0.740. The highest BCUT2D eigenvalue weighted by atomic mass is 79.9. The highest BCUT2D eigenvalue weighted by Gasteiger charge is 1.95. The van der Waals surface area contributed by atoms with Crippen LogP contribution in [-0.4, -0.2) is 4.98 Å². The first-order chi connectivity index (χ1) is 7.34. The summed E-state index contributed by atoms with van der Waals surface area (Å²) in [5, 5.41) is 3.30. The van der Waals surface area contributed by atoms with Crippen molar-refractivity contribution in [2.24, 2.45) is 0 Å². The molecule has 2 rings (SSSR count). The Bertz CT molecular complexity index is 429.